The molecule has 0 heterocycles. The summed E-state index contributed by atoms with van der Waals surface area (Å²) in [6, 6.07) is 0. The minimum absolute atomic E-state index is 0.128. The predicted molar refractivity (Wildman–Crippen MR) is 53.6 cm³/mol. The Morgan fingerprint density at radius 3 is 2.09 bits per heavy atom. The van der Waals surface area contributed by atoms with Gasteiger partial charge in [-0.1, -0.05) is 33.6 Å². The monoisotopic (exact) mass is 196 g/mol. The predicted octanol–water partition coefficient (Wildman–Crippen LogP) is 4.05. The molecule has 0 spiro atoms. The van der Waals surface area contributed by atoms with E-state index >= 15 is 0 Å². The van der Waals surface area contributed by atoms with Gasteiger partial charge in [0.25, 0.3) is 0 Å². The Kier molecular flexibility index (Phi) is 6.46. The second-order valence-corrected chi connectivity index (χ2v) is 4.41. The van der Waals surface area contributed by atoms with Crippen molar-refractivity contribution in [3.8, 4) is 0 Å². The van der Waals surface area contributed by atoms with Gasteiger partial charge in [0.1, 0.15) is 0 Å². The first-order valence-corrected chi connectivity index (χ1v) is 5.25. The lowest BCUT2D eigenvalue weighted by molar-refractivity contribution is 0.540. The van der Waals surface area contributed by atoms with Crippen LogP contribution in [-0.2, 0) is 0 Å². The van der Waals surface area contributed by atoms with Crippen molar-refractivity contribution in [1.82, 2.24) is 0 Å². The summed E-state index contributed by atoms with van der Waals surface area (Å²) in [7, 11) is 0. The molecule has 0 saturated heterocycles. The van der Waals surface area contributed by atoms with E-state index in [-0.39, 0.29) is 10.8 Å². The maximum atomic E-state index is 6.07. The van der Waals surface area contributed by atoms with Crippen LogP contribution in [0, 0.1) is 5.92 Å². The largest absolute Gasteiger partial charge is 0.121 e. The molecule has 0 fully saturated rings. The third-order valence-corrected chi connectivity index (χ3v) is 3.24. The van der Waals surface area contributed by atoms with Gasteiger partial charge in [-0.25, -0.2) is 0 Å². The van der Waals surface area contributed by atoms with Gasteiger partial charge in [-0.15, -0.1) is 23.2 Å². The lowest BCUT2D eigenvalue weighted by Crippen LogP contribution is -2.20. The summed E-state index contributed by atoms with van der Waals surface area (Å²) in [5.41, 5.74) is 0. The fourth-order valence-electron chi connectivity index (χ4n) is 0.976. The Labute approximate surface area is 80.3 Å². The molecular formula is C9H18Cl2. The first kappa shape index (κ1) is 11.6. The van der Waals surface area contributed by atoms with Crippen LogP contribution in [0.4, 0.5) is 0 Å². The molecule has 0 aromatic heterocycles. The molecule has 2 unspecified atom stereocenters. The molecular weight excluding hydrogens is 179 g/mol. The van der Waals surface area contributed by atoms with E-state index in [2.05, 4.69) is 20.8 Å². The van der Waals surface area contributed by atoms with E-state index < -0.39 is 0 Å². The Morgan fingerprint density at radius 1 is 1.18 bits per heavy atom. The van der Waals surface area contributed by atoms with Gasteiger partial charge >= 0.3 is 0 Å². The summed E-state index contributed by atoms with van der Waals surface area (Å²) in [6.07, 6.45) is 3.43. The maximum absolute atomic E-state index is 6.07. The van der Waals surface area contributed by atoms with Crippen molar-refractivity contribution in [3.63, 3.8) is 0 Å². The van der Waals surface area contributed by atoms with E-state index in [1.807, 2.05) is 0 Å². The number of alkyl halides is 2. The molecule has 0 nitrogen and oxygen atoms in total. The van der Waals surface area contributed by atoms with Crippen LogP contribution in [-0.4, -0.2) is 10.8 Å². The third-order valence-electron chi connectivity index (χ3n) is 1.82. The average Bonchev–Trinajstić information content (AvgIpc) is 1.98. The smallest absolute Gasteiger partial charge is 0.0522 e. The van der Waals surface area contributed by atoms with Gasteiger partial charge in [0.15, 0.2) is 0 Å². The van der Waals surface area contributed by atoms with Crippen molar-refractivity contribution in [1.29, 1.82) is 0 Å². The molecule has 0 N–H and O–H groups in total. The number of hydrogen-bond acceptors (Lipinski definition) is 0. The molecule has 0 aliphatic heterocycles. The first-order chi connectivity index (χ1) is 5.09. The Balaban J connectivity index is 3.55. The Bertz CT molecular complexity index is 91.6. The van der Waals surface area contributed by atoms with E-state index in [4.69, 9.17) is 23.2 Å². The molecule has 2 heteroatoms. The van der Waals surface area contributed by atoms with Gasteiger partial charge in [-0.3, -0.25) is 0 Å². The number of hydrogen-bond donors (Lipinski definition) is 0. The Hall–Kier alpha value is 0.580. The number of halogens is 2. The summed E-state index contributed by atoms with van der Waals surface area (Å²) in [4.78, 5) is 0. The summed E-state index contributed by atoms with van der Waals surface area (Å²) >= 11 is 12.1. The van der Waals surface area contributed by atoms with Gasteiger partial charge in [0.2, 0.25) is 0 Å². The molecule has 68 valence electrons. The fourth-order valence-corrected chi connectivity index (χ4v) is 1.55. The van der Waals surface area contributed by atoms with Crippen LogP contribution >= 0.6 is 23.2 Å². The van der Waals surface area contributed by atoms with Crippen LogP contribution in [0.1, 0.15) is 40.0 Å². The number of unbranched alkanes of at least 4 members (excludes halogenated alkanes) is 1. The molecule has 2 atom stereocenters. The molecule has 0 radical (unpaired) electrons. The topological polar surface area (TPSA) is 0 Å². The summed E-state index contributed by atoms with van der Waals surface area (Å²) < 4.78 is 0. The molecule has 0 bridgehead atoms. The van der Waals surface area contributed by atoms with Crippen molar-refractivity contribution in [2.24, 2.45) is 5.92 Å². The molecule has 11 heavy (non-hydrogen) atoms. The SMILES string of the molecule is CCCCC(Cl)C(Cl)C(C)C. The summed E-state index contributed by atoms with van der Waals surface area (Å²) in [5, 5.41) is 0.278. The molecule has 0 aromatic carbocycles. The van der Waals surface area contributed by atoms with Crippen LogP contribution in [0.5, 0.6) is 0 Å². The van der Waals surface area contributed by atoms with E-state index in [1.54, 1.807) is 0 Å². The highest BCUT2D eigenvalue weighted by atomic mass is 35.5. The van der Waals surface area contributed by atoms with Gasteiger partial charge in [0.05, 0.1) is 10.8 Å². The first-order valence-electron chi connectivity index (χ1n) is 4.37. The van der Waals surface area contributed by atoms with Crippen molar-refractivity contribution in [3.05, 3.63) is 0 Å². The average molecular weight is 197 g/mol. The quantitative estimate of drug-likeness (QED) is 0.583. The zero-order chi connectivity index (χ0) is 8.85. The third kappa shape index (κ3) is 4.92. The second kappa shape index (κ2) is 6.14. The van der Waals surface area contributed by atoms with Crippen molar-refractivity contribution < 1.29 is 0 Å². The molecule has 0 aliphatic rings. The summed E-state index contributed by atoms with van der Waals surface area (Å²) in [6.45, 7) is 6.39. The Morgan fingerprint density at radius 2 is 1.73 bits per heavy atom. The van der Waals surface area contributed by atoms with E-state index in [0.717, 1.165) is 6.42 Å². The van der Waals surface area contributed by atoms with Crippen molar-refractivity contribution >= 4 is 23.2 Å². The molecule has 0 aliphatic carbocycles. The minimum Gasteiger partial charge on any atom is -0.121 e. The molecule has 0 amide bonds. The highest BCUT2D eigenvalue weighted by Gasteiger charge is 2.18. The molecule has 0 aromatic rings. The van der Waals surface area contributed by atoms with Crippen LogP contribution < -0.4 is 0 Å². The van der Waals surface area contributed by atoms with Crippen molar-refractivity contribution in [2.75, 3.05) is 0 Å². The van der Waals surface area contributed by atoms with Gasteiger partial charge < -0.3 is 0 Å². The highest BCUT2D eigenvalue weighted by molar-refractivity contribution is 6.30. The fraction of sp³-hybridized carbons (Fsp3) is 1.00. The zero-order valence-corrected chi connectivity index (χ0v) is 9.12. The van der Waals surface area contributed by atoms with Crippen LogP contribution in [0.15, 0.2) is 0 Å². The van der Waals surface area contributed by atoms with Crippen LogP contribution in [0.3, 0.4) is 0 Å². The highest BCUT2D eigenvalue weighted by Crippen LogP contribution is 2.22. The lowest BCUT2D eigenvalue weighted by Gasteiger charge is -2.18. The van der Waals surface area contributed by atoms with Gasteiger partial charge in [-0.2, -0.15) is 0 Å². The molecule has 0 rings (SSSR count). The zero-order valence-electron chi connectivity index (χ0n) is 7.61. The lowest BCUT2D eigenvalue weighted by atomic mass is 10.0. The standard InChI is InChI=1S/C9H18Cl2/c1-4-5-6-8(10)9(11)7(2)3/h7-9H,4-6H2,1-3H3. The van der Waals surface area contributed by atoms with E-state index in [9.17, 15) is 0 Å². The minimum atomic E-state index is 0.128. The molecule has 0 saturated carbocycles. The maximum Gasteiger partial charge on any atom is 0.0522 e. The van der Waals surface area contributed by atoms with Crippen LogP contribution in [0.25, 0.3) is 0 Å². The van der Waals surface area contributed by atoms with E-state index in [0.29, 0.717) is 5.92 Å². The summed E-state index contributed by atoms with van der Waals surface area (Å²) in [5.74, 6) is 0.482. The van der Waals surface area contributed by atoms with Gasteiger partial charge in [-0.05, 0) is 12.3 Å². The normalized spacial score (nSPS) is 16.9. The van der Waals surface area contributed by atoms with Gasteiger partial charge in [0, 0.05) is 0 Å². The van der Waals surface area contributed by atoms with E-state index in [1.165, 1.54) is 12.8 Å². The second-order valence-electron chi connectivity index (χ2n) is 3.35. The van der Waals surface area contributed by atoms with Crippen LogP contribution in [0.2, 0.25) is 0 Å². The van der Waals surface area contributed by atoms with Crippen molar-refractivity contribution in [2.45, 2.75) is 50.8 Å². The number of rotatable bonds is 5.